The van der Waals surface area contributed by atoms with E-state index in [1.165, 1.54) is 5.56 Å². The molecule has 0 atom stereocenters. The lowest BCUT2D eigenvalue weighted by Gasteiger charge is -2.25. The summed E-state index contributed by atoms with van der Waals surface area (Å²) in [5.74, 6) is 0. The molecule has 1 N–H and O–H groups in total. The number of benzene rings is 1. The van der Waals surface area contributed by atoms with Gasteiger partial charge in [-0.3, -0.25) is 0 Å². The molecule has 0 radical (unpaired) electrons. The fourth-order valence-electron chi connectivity index (χ4n) is 2.97. The van der Waals surface area contributed by atoms with Crippen LogP contribution in [-0.2, 0) is 23.0 Å². The Kier molecular flexibility index (Phi) is 8.67. The molecule has 1 aliphatic heterocycles. The van der Waals surface area contributed by atoms with Crippen molar-refractivity contribution in [3.63, 3.8) is 0 Å². The van der Waals surface area contributed by atoms with E-state index in [2.05, 4.69) is 35.4 Å². The predicted octanol–water partition coefficient (Wildman–Crippen LogP) is 2.11. The fourth-order valence-corrected chi connectivity index (χ4v) is 4.10. The van der Waals surface area contributed by atoms with Crippen LogP contribution in [0.3, 0.4) is 0 Å². The molecule has 0 aromatic heterocycles. The largest absolute Gasteiger partial charge is 0.304 e. The van der Waals surface area contributed by atoms with Crippen LogP contribution in [0.15, 0.2) is 23.1 Å². The van der Waals surface area contributed by atoms with E-state index in [9.17, 15) is 8.42 Å². The number of likely N-dealkylation sites (N-methyl/N-ethyl adjacent to an activating group) is 1. The second-order valence-electron chi connectivity index (χ2n) is 6.20. The number of halogens is 1. The summed E-state index contributed by atoms with van der Waals surface area (Å²) in [6.07, 6.45) is 1.82. The van der Waals surface area contributed by atoms with Gasteiger partial charge in [-0.1, -0.05) is 19.9 Å². The van der Waals surface area contributed by atoms with Crippen LogP contribution in [0.4, 0.5) is 0 Å². The van der Waals surface area contributed by atoms with Crippen molar-refractivity contribution < 1.29 is 8.42 Å². The summed E-state index contributed by atoms with van der Waals surface area (Å²) in [6, 6.07) is 5.53. The Hall–Kier alpha value is -0.660. The van der Waals surface area contributed by atoms with Crippen LogP contribution in [0, 0.1) is 0 Å². The number of nitrogens with one attached hydrogen (secondary N) is 1. The first-order valence-electron chi connectivity index (χ1n) is 8.48. The van der Waals surface area contributed by atoms with Gasteiger partial charge in [0.15, 0.2) is 0 Å². The molecular weight excluding hydrogens is 346 g/mol. The Bertz CT molecular complexity index is 618. The smallest absolute Gasteiger partial charge is 0.240 e. The van der Waals surface area contributed by atoms with Crippen LogP contribution in [-0.4, -0.2) is 58.0 Å². The molecule has 2 rings (SSSR count). The van der Waals surface area contributed by atoms with Crippen LogP contribution in [0.2, 0.25) is 0 Å². The molecule has 24 heavy (non-hydrogen) atoms. The molecule has 7 heteroatoms. The molecule has 1 heterocycles. The van der Waals surface area contributed by atoms with Crippen LogP contribution in [0.1, 0.15) is 31.4 Å². The number of rotatable bonds is 8. The van der Waals surface area contributed by atoms with Crippen LogP contribution in [0.5, 0.6) is 0 Å². The van der Waals surface area contributed by atoms with Gasteiger partial charge < -0.3 is 9.80 Å². The molecule has 138 valence electrons. The quantitative estimate of drug-likeness (QED) is 0.707. The summed E-state index contributed by atoms with van der Waals surface area (Å²) in [4.78, 5) is 4.90. The van der Waals surface area contributed by atoms with Gasteiger partial charge in [0.05, 0.1) is 4.90 Å². The van der Waals surface area contributed by atoms with Crippen molar-refractivity contribution >= 4 is 22.4 Å². The van der Waals surface area contributed by atoms with Gasteiger partial charge in [0, 0.05) is 19.6 Å². The summed E-state index contributed by atoms with van der Waals surface area (Å²) in [5, 5.41) is 0. The molecule has 0 bridgehead atoms. The first-order valence-corrected chi connectivity index (χ1v) is 9.97. The Morgan fingerprint density at radius 1 is 1.21 bits per heavy atom. The first kappa shape index (κ1) is 21.4. The lowest BCUT2D eigenvalue weighted by atomic mass is 10.0. The highest BCUT2D eigenvalue weighted by Crippen LogP contribution is 2.21. The summed E-state index contributed by atoms with van der Waals surface area (Å²) in [7, 11) is -1.34. The third-order valence-electron chi connectivity index (χ3n) is 4.53. The number of hydrogen-bond donors (Lipinski definition) is 1. The molecule has 0 saturated heterocycles. The van der Waals surface area contributed by atoms with Crippen molar-refractivity contribution in [3.8, 4) is 0 Å². The highest BCUT2D eigenvalue weighted by molar-refractivity contribution is 7.89. The van der Waals surface area contributed by atoms with E-state index in [0.717, 1.165) is 51.1 Å². The third-order valence-corrected chi connectivity index (χ3v) is 5.99. The minimum Gasteiger partial charge on any atom is -0.304 e. The van der Waals surface area contributed by atoms with Crippen LogP contribution >= 0.6 is 12.4 Å². The van der Waals surface area contributed by atoms with Crippen LogP contribution < -0.4 is 4.72 Å². The van der Waals surface area contributed by atoms with Crippen LogP contribution in [0.25, 0.3) is 0 Å². The summed E-state index contributed by atoms with van der Waals surface area (Å²) in [6.45, 7) is 9.50. The molecular formula is C17H30ClN3O2S. The zero-order chi connectivity index (χ0) is 16.9. The molecule has 0 fully saturated rings. The molecule has 1 aromatic carbocycles. The third kappa shape index (κ3) is 5.70. The lowest BCUT2D eigenvalue weighted by molar-refractivity contribution is 0.300. The monoisotopic (exact) mass is 375 g/mol. The normalized spacial score (nSPS) is 15.2. The van der Waals surface area contributed by atoms with E-state index in [-0.39, 0.29) is 12.4 Å². The zero-order valence-corrected chi connectivity index (χ0v) is 16.5. The molecule has 0 amide bonds. The van der Waals surface area contributed by atoms with Gasteiger partial charge >= 0.3 is 0 Å². The average Bonchev–Trinajstić information content (AvgIpc) is 2.54. The minimum absolute atomic E-state index is 0. The van der Waals surface area contributed by atoms with Gasteiger partial charge in [-0.15, -0.1) is 12.4 Å². The van der Waals surface area contributed by atoms with Gasteiger partial charge in [0.2, 0.25) is 10.0 Å². The maximum atomic E-state index is 12.4. The lowest BCUT2D eigenvalue weighted by Crippen LogP contribution is -2.30. The number of hydrogen-bond acceptors (Lipinski definition) is 4. The molecule has 5 nitrogen and oxygen atoms in total. The molecule has 1 aromatic rings. The standard InChI is InChI=1S/C17H29N3O2S.ClH/c1-4-20(5-2)11-6-10-18-23(21,22)17-8-7-15-9-12-19(3)14-16(15)13-17;/h7-8,13,18H,4-6,9-12,14H2,1-3H3;1H. The second-order valence-corrected chi connectivity index (χ2v) is 7.96. The number of fused-ring (bicyclic) bond motifs is 1. The second kappa shape index (κ2) is 9.73. The zero-order valence-electron chi connectivity index (χ0n) is 14.9. The maximum absolute atomic E-state index is 12.4. The van der Waals surface area contributed by atoms with Crippen molar-refractivity contribution in [3.05, 3.63) is 29.3 Å². The molecule has 0 unspecified atom stereocenters. The molecule has 0 spiro atoms. The first-order chi connectivity index (χ1) is 11.0. The molecule has 0 aliphatic carbocycles. The highest BCUT2D eigenvalue weighted by atomic mass is 35.5. The van der Waals surface area contributed by atoms with Gasteiger partial charge in [0.1, 0.15) is 0 Å². The van der Waals surface area contributed by atoms with Crippen molar-refractivity contribution in [2.24, 2.45) is 0 Å². The van der Waals surface area contributed by atoms with E-state index in [1.807, 2.05) is 12.1 Å². The van der Waals surface area contributed by atoms with Crippen molar-refractivity contribution in [2.45, 2.75) is 38.1 Å². The van der Waals surface area contributed by atoms with Gasteiger partial charge in [-0.2, -0.15) is 0 Å². The topological polar surface area (TPSA) is 52.7 Å². The van der Waals surface area contributed by atoms with Crippen molar-refractivity contribution in [2.75, 3.05) is 39.8 Å². The Balaban J connectivity index is 0.00000288. The van der Waals surface area contributed by atoms with E-state index in [1.54, 1.807) is 6.07 Å². The summed E-state index contributed by atoms with van der Waals surface area (Å²) >= 11 is 0. The SMILES string of the molecule is CCN(CC)CCCNS(=O)(=O)c1ccc2c(c1)CN(C)CC2.Cl. The van der Waals surface area contributed by atoms with E-state index in [0.29, 0.717) is 11.4 Å². The van der Waals surface area contributed by atoms with Crippen molar-refractivity contribution in [1.29, 1.82) is 0 Å². The van der Waals surface area contributed by atoms with E-state index < -0.39 is 10.0 Å². The van der Waals surface area contributed by atoms with E-state index >= 15 is 0 Å². The molecule has 0 saturated carbocycles. The van der Waals surface area contributed by atoms with Gasteiger partial charge in [0.25, 0.3) is 0 Å². The fraction of sp³-hybridized carbons (Fsp3) is 0.647. The molecule has 1 aliphatic rings. The van der Waals surface area contributed by atoms with E-state index in [4.69, 9.17) is 0 Å². The van der Waals surface area contributed by atoms with Crippen molar-refractivity contribution in [1.82, 2.24) is 14.5 Å². The predicted molar refractivity (Wildman–Crippen MR) is 101 cm³/mol. The Morgan fingerprint density at radius 2 is 1.92 bits per heavy atom. The summed E-state index contributed by atoms with van der Waals surface area (Å²) in [5.41, 5.74) is 2.40. The van der Waals surface area contributed by atoms with Gasteiger partial charge in [-0.05, 0) is 62.8 Å². The Morgan fingerprint density at radius 3 is 2.58 bits per heavy atom. The van der Waals surface area contributed by atoms with Gasteiger partial charge in [-0.25, -0.2) is 13.1 Å². The minimum atomic E-state index is -3.41. The Labute approximate surface area is 152 Å². The maximum Gasteiger partial charge on any atom is 0.240 e. The number of nitrogens with zero attached hydrogens (tertiary/aromatic N) is 2. The number of sulfonamides is 1. The average molecular weight is 376 g/mol. The summed E-state index contributed by atoms with van der Waals surface area (Å²) < 4.78 is 27.6. The highest BCUT2D eigenvalue weighted by Gasteiger charge is 2.18.